The summed E-state index contributed by atoms with van der Waals surface area (Å²) < 4.78 is 49.4. The molecule has 0 radical (unpaired) electrons. The van der Waals surface area contributed by atoms with Crippen LogP contribution >= 0.6 is 0 Å². The molecule has 0 aromatic heterocycles. The van der Waals surface area contributed by atoms with Crippen molar-refractivity contribution in [1.29, 1.82) is 0 Å². The normalized spacial score (nSPS) is 11.2. The van der Waals surface area contributed by atoms with E-state index in [4.69, 9.17) is 0 Å². The van der Waals surface area contributed by atoms with Crippen molar-refractivity contribution < 1.29 is 27.3 Å². The van der Waals surface area contributed by atoms with Gasteiger partial charge in [-0.1, -0.05) is 0 Å². The highest BCUT2D eigenvalue weighted by molar-refractivity contribution is 5.94. The number of amides is 1. The SMILES string of the molecule is CN(CCC(F)(F)F)C(=O)c1ccc([N+](=O)[O-])c(F)c1. The van der Waals surface area contributed by atoms with E-state index in [1.54, 1.807) is 0 Å². The van der Waals surface area contributed by atoms with E-state index in [0.29, 0.717) is 6.07 Å². The third-order valence-electron chi connectivity index (χ3n) is 2.47. The Morgan fingerprint density at radius 2 is 2.00 bits per heavy atom. The van der Waals surface area contributed by atoms with Gasteiger partial charge in [-0.3, -0.25) is 14.9 Å². The number of nitrogens with zero attached hydrogens (tertiary/aromatic N) is 2. The van der Waals surface area contributed by atoms with Gasteiger partial charge in [0.2, 0.25) is 5.82 Å². The van der Waals surface area contributed by atoms with Crippen LogP contribution in [0.1, 0.15) is 16.8 Å². The van der Waals surface area contributed by atoms with Gasteiger partial charge in [-0.15, -0.1) is 0 Å². The molecule has 0 saturated heterocycles. The molecule has 110 valence electrons. The average Bonchev–Trinajstić information content (AvgIpc) is 2.33. The lowest BCUT2D eigenvalue weighted by Crippen LogP contribution is -2.30. The molecule has 0 bridgehead atoms. The number of hydrogen-bond acceptors (Lipinski definition) is 3. The van der Waals surface area contributed by atoms with Crippen LogP contribution in [0.25, 0.3) is 0 Å². The highest BCUT2D eigenvalue weighted by atomic mass is 19.4. The Kier molecular flexibility index (Phi) is 4.64. The minimum atomic E-state index is -4.41. The van der Waals surface area contributed by atoms with Gasteiger partial charge >= 0.3 is 11.9 Å². The van der Waals surface area contributed by atoms with Crippen LogP contribution < -0.4 is 0 Å². The van der Waals surface area contributed by atoms with E-state index in [2.05, 4.69) is 0 Å². The summed E-state index contributed by atoms with van der Waals surface area (Å²) in [6.45, 7) is -0.582. The highest BCUT2D eigenvalue weighted by Gasteiger charge is 2.28. The van der Waals surface area contributed by atoms with Crippen molar-refractivity contribution >= 4 is 11.6 Å². The van der Waals surface area contributed by atoms with E-state index in [-0.39, 0.29) is 5.56 Å². The number of nitro groups is 1. The summed E-state index contributed by atoms with van der Waals surface area (Å²) in [6.07, 6.45) is -5.60. The number of benzene rings is 1. The second kappa shape index (κ2) is 5.85. The molecule has 0 aliphatic rings. The monoisotopic (exact) mass is 294 g/mol. The third kappa shape index (κ3) is 4.18. The first-order valence-corrected chi connectivity index (χ1v) is 5.38. The predicted molar refractivity (Wildman–Crippen MR) is 60.7 cm³/mol. The molecule has 0 aliphatic heterocycles. The molecule has 1 rings (SSSR count). The molecular formula is C11H10F4N2O3. The van der Waals surface area contributed by atoms with Crippen LogP contribution in [0.15, 0.2) is 18.2 Å². The van der Waals surface area contributed by atoms with Crippen LogP contribution in [0, 0.1) is 15.9 Å². The van der Waals surface area contributed by atoms with Gasteiger partial charge in [-0.05, 0) is 12.1 Å². The summed E-state index contributed by atoms with van der Waals surface area (Å²) in [6, 6.07) is 2.42. The number of halogens is 4. The Labute approximate surface area is 110 Å². The molecule has 0 unspecified atom stereocenters. The van der Waals surface area contributed by atoms with Crippen molar-refractivity contribution in [2.45, 2.75) is 12.6 Å². The number of alkyl halides is 3. The summed E-state index contributed by atoms with van der Waals surface area (Å²) in [7, 11) is 1.13. The Hall–Kier alpha value is -2.19. The van der Waals surface area contributed by atoms with Crippen molar-refractivity contribution in [3.05, 3.63) is 39.7 Å². The van der Waals surface area contributed by atoms with Crippen LogP contribution in [-0.4, -0.2) is 35.5 Å². The minimum Gasteiger partial charge on any atom is -0.341 e. The number of nitro benzene ring substituents is 1. The van der Waals surface area contributed by atoms with Crippen LogP contribution in [0.3, 0.4) is 0 Å². The quantitative estimate of drug-likeness (QED) is 0.487. The second-order valence-electron chi connectivity index (χ2n) is 4.02. The van der Waals surface area contributed by atoms with Gasteiger partial charge in [0.25, 0.3) is 5.91 Å². The molecule has 5 nitrogen and oxygen atoms in total. The summed E-state index contributed by atoms with van der Waals surface area (Å²) in [5.41, 5.74) is -1.06. The summed E-state index contributed by atoms with van der Waals surface area (Å²) >= 11 is 0. The molecule has 0 aliphatic carbocycles. The number of rotatable bonds is 4. The first-order valence-electron chi connectivity index (χ1n) is 5.38. The maximum atomic E-state index is 13.3. The topological polar surface area (TPSA) is 63.5 Å². The van der Waals surface area contributed by atoms with E-state index < -0.39 is 41.5 Å². The van der Waals surface area contributed by atoms with E-state index in [9.17, 15) is 32.5 Å². The van der Waals surface area contributed by atoms with Gasteiger partial charge in [0.15, 0.2) is 0 Å². The molecule has 0 saturated carbocycles. The second-order valence-corrected chi connectivity index (χ2v) is 4.02. The maximum absolute atomic E-state index is 13.3. The molecule has 1 amide bonds. The van der Waals surface area contributed by atoms with Crippen molar-refractivity contribution in [2.24, 2.45) is 0 Å². The zero-order valence-corrected chi connectivity index (χ0v) is 10.3. The van der Waals surface area contributed by atoms with E-state index in [0.717, 1.165) is 24.1 Å². The zero-order valence-electron chi connectivity index (χ0n) is 10.3. The Balaban J connectivity index is 2.82. The lowest BCUT2D eigenvalue weighted by molar-refractivity contribution is -0.387. The van der Waals surface area contributed by atoms with Gasteiger partial charge in [-0.25, -0.2) is 0 Å². The molecule has 1 aromatic carbocycles. The van der Waals surface area contributed by atoms with Gasteiger partial charge in [0.05, 0.1) is 11.3 Å². The third-order valence-corrected chi connectivity index (χ3v) is 2.47. The fourth-order valence-electron chi connectivity index (χ4n) is 1.40. The molecule has 0 heterocycles. The van der Waals surface area contributed by atoms with Crippen LogP contribution in [0.2, 0.25) is 0 Å². The number of carbonyl (C=O) groups is 1. The van der Waals surface area contributed by atoms with Crippen LogP contribution in [0.5, 0.6) is 0 Å². The van der Waals surface area contributed by atoms with Crippen molar-refractivity contribution in [2.75, 3.05) is 13.6 Å². The van der Waals surface area contributed by atoms with Crippen molar-refractivity contribution in [3.63, 3.8) is 0 Å². The van der Waals surface area contributed by atoms with E-state index in [1.165, 1.54) is 0 Å². The summed E-state index contributed by atoms with van der Waals surface area (Å²) in [4.78, 5) is 21.9. The van der Waals surface area contributed by atoms with Crippen molar-refractivity contribution in [1.82, 2.24) is 4.90 Å². The Morgan fingerprint density at radius 1 is 1.40 bits per heavy atom. The van der Waals surface area contributed by atoms with Gasteiger partial charge < -0.3 is 4.90 Å². The number of hydrogen-bond donors (Lipinski definition) is 0. The molecular weight excluding hydrogens is 284 g/mol. The average molecular weight is 294 g/mol. The molecule has 0 spiro atoms. The van der Waals surface area contributed by atoms with Crippen molar-refractivity contribution in [3.8, 4) is 0 Å². The molecule has 1 aromatic rings. The standard InChI is InChI=1S/C11H10F4N2O3/c1-16(5-4-11(13,14)15)10(18)7-2-3-9(17(19)20)8(12)6-7/h2-3,6H,4-5H2,1H3. The largest absolute Gasteiger partial charge is 0.390 e. The lowest BCUT2D eigenvalue weighted by atomic mass is 10.1. The van der Waals surface area contributed by atoms with E-state index in [1.807, 2.05) is 0 Å². The number of carbonyl (C=O) groups excluding carboxylic acids is 1. The Bertz CT molecular complexity index is 531. The fourth-order valence-corrected chi connectivity index (χ4v) is 1.40. The van der Waals surface area contributed by atoms with Gasteiger partial charge in [-0.2, -0.15) is 17.6 Å². The first kappa shape index (κ1) is 15.9. The lowest BCUT2D eigenvalue weighted by Gasteiger charge is -2.18. The minimum absolute atomic E-state index is 0.252. The van der Waals surface area contributed by atoms with Crippen LogP contribution in [0.4, 0.5) is 23.2 Å². The Morgan fingerprint density at radius 3 is 2.45 bits per heavy atom. The molecule has 0 N–H and O–H groups in total. The van der Waals surface area contributed by atoms with Gasteiger partial charge in [0.1, 0.15) is 0 Å². The van der Waals surface area contributed by atoms with Crippen LogP contribution in [-0.2, 0) is 0 Å². The summed E-state index contributed by atoms with van der Waals surface area (Å²) in [5.74, 6) is -2.06. The van der Waals surface area contributed by atoms with E-state index >= 15 is 0 Å². The maximum Gasteiger partial charge on any atom is 0.390 e. The first-order chi connectivity index (χ1) is 9.11. The van der Waals surface area contributed by atoms with Gasteiger partial charge in [0, 0.05) is 25.2 Å². The molecule has 0 fully saturated rings. The zero-order chi connectivity index (χ0) is 15.5. The molecule has 20 heavy (non-hydrogen) atoms. The summed E-state index contributed by atoms with van der Waals surface area (Å²) in [5, 5.41) is 10.4. The highest BCUT2D eigenvalue weighted by Crippen LogP contribution is 2.21. The molecule has 0 atom stereocenters. The predicted octanol–water partition coefficient (Wildman–Crippen LogP) is 2.76. The smallest absolute Gasteiger partial charge is 0.341 e. The fraction of sp³-hybridized carbons (Fsp3) is 0.364. The molecule has 9 heteroatoms.